The molecule has 3 aromatic carbocycles. The maximum absolute atomic E-state index is 13.1. The van der Waals surface area contributed by atoms with Crippen LogP contribution in [0.25, 0.3) is 22.2 Å². The van der Waals surface area contributed by atoms with Crippen LogP contribution in [0.15, 0.2) is 91.0 Å². The molecule has 1 unspecified atom stereocenters. The smallest absolute Gasteiger partial charge is 0.354 e. The van der Waals surface area contributed by atoms with E-state index in [1.807, 2.05) is 42.7 Å². The largest absolute Gasteiger partial charge is 0.755 e. The zero-order valence-electron chi connectivity index (χ0n) is 21.9. The fourth-order valence-electron chi connectivity index (χ4n) is 4.83. The van der Waals surface area contributed by atoms with Crippen molar-refractivity contribution in [1.29, 1.82) is 0 Å². The number of carboxylic acid groups (broad SMARTS) is 1. The second kappa shape index (κ2) is 11.3. The highest BCUT2D eigenvalue weighted by Gasteiger charge is 2.22. The molecule has 202 valence electrons. The molecule has 0 aliphatic heterocycles. The molecule has 0 saturated carbocycles. The van der Waals surface area contributed by atoms with E-state index in [1.54, 1.807) is 60.7 Å². The van der Waals surface area contributed by atoms with Gasteiger partial charge in [0.05, 0.1) is 17.0 Å². The number of para-hydroxylation sites is 1. The third-order valence-electron chi connectivity index (χ3n) is 6.82. The summed E-state index contributed by atoms with van der Waals surface area (Å²) in [6, 6.07) is 26.4. The van der Waals surface area contributed by atoms with Crippen molar-refractivity contribution in [2.24, 2.45) is 0 Å². The van der Waals surface area contributed by atoms with Gasteiger partial charge >= 0.3 is 5.97 Å². The Morgan fingerprint density at radius 1 is 0.975 bits per heavy atom. The lowest BCUT2D eigenvalue weighted by Crippen LogP contribution is -2.33. The van der Waals surface area contributed by atoms with Gasteiger partial charge in [-0.15, -0.1) is 0 Å². The zero-order chi connectivity index (χ0) is 28.4. The van der Waals surface area contributed by atoms with Gasteiger partial charge in [-0.2, -0.15) is 0 Å². The van der Waals surface area contributed by atoms with E-state index < -0.39 is 23.1 Å². The molecule has 0 aliphatic rings. The number of aromatic nitrogens is 2. The predicted octanol–water partition coefficient (Wildman–Crippen LogP) is 5.76. The van der Waals surface area contributed by atoms with Crippen molar-refractivity contribution < 1.29 is 23.5 Å². The maximum Gasteiger partial charge on any atom is 0.354 e. The molecule has 5 aromatic rings. The lowest BCUT2D eigenvalue weighted by atomic mass is 10.0. The normalized spacial score (nSPS) is 11.9. The second-order valence-corrected chi connectivity index (χ2v) is 10.1. The minimum atomic E-state index is -2.84. The number of aromatic carboxylic acids is 1. The van der Waals surface area contributed by atoms with E-state index in [0.717, 1.165) is 38.5 Å². The van der Waals surface area contributed by atoms with Crippen LogP contribution in [0, 0.1) is 6.92 Å². The van der Waals surface area contributed by atoms with Crippen LogP contribution in [-0.4, -0.2) is 35.3 Å². The number of hydrogen-bond donors (Lipinski definition) is 1. The molecule has 2 heterocycles. The molecule has 2 aromatic heterocycles. The van der Waals surface area contributed by atoms with Crippen LogP contribution in [0.5, 0.6) is 0 Å². The van der Waals surface area contributed by atoms with Crippen molar-refractivity contribution in [3.05, 3.63) is 119 Å². The van der Waals surface area contributed by atoms with Gasteiger partial charge in [0.1, 0.15) is 5.65 Å². The molecular weight excluding hydrogens is 526 g/mol. The van der Waals surface area contributed by atoms with Crippen molar-refractivity contribution in [3.63, 3.8) is 0 Å². The fourth-order valence-corrected chi connectivity index (χ4v) is 5.39. The minimum absolute atomic E-state index is 0.00400. The Kier molecular flexibility index (Phi) is 7.59. The first kappa shape index (κ1) is 27.0. The van der Waals surface area contributed by atoms with E-state index in [9.17, 15) is 23.5 Å². The van der Waals surface area contributed by atoms with Crippen LogP contribution in [0.1, 0.15) is 44.6 Å². The highest BCUT2D eigenvalue weighted by molar-refractivity contribution is 7.81. The molecule has 40 heavy (non-hydrogen) atoms. The predicted molar refractivity (Wildman–Crippen MR) is 154 cm³/mol. The summed E-state index contributed by atoms with van der Waals surface area (Å²) in [5, 5.41) is 10.4. The molecule has 1 amide bonds. The van der Waals surface area contributed by atoms with Gasteiger partial charge in [0, 0.05) is 28.8 Å². The lowest BCUT2D eigenvalue weighted by molar-refractivity contribution is 0.0690. The summed E-state index contributed by atoms with van der Waals surface area (Å²) >= 11 is -2.84. The summed E-state index contributed by atoms with van der Waals surface area (Å²) in [5.74, 6) is -1.72. The summed E-state index contributed by atoms with van der Waals surface area (Å²) < 4.78 is 27.3. The molecule has 5 rings (SSSR count). The van der Waals surface area contributed by atoms with Gasteiger partial charge < -0.3 is 14.2 Å². The van der Waals surface area contributed by atoms with Crippen molar-refractivity contribution in [2.45, 2.75) is 26.8 Å². The first-order valence-electron chi connectivity index (χ1n) is 12.7. The molecule has 0 radical (unpaired) electrons. The van der Waals surface area contributed by atoms with Crippen molar-refractivity contribution in [2.75, 3.05) is 4.31 Å². The van der Waals surface area contributed by atoms with Crippen LogP contribution in [0.3, 0.4) is 0 Å². The highest BCUT2D eigenvalue weighted by Crippen LogP contribution is 2.33. The quantitative estimate of drug-likeness (QED) is 0.245. The van der Waals surface area contributed by atoms with Crippen LogP contribution in [-0.2, 0) is 24.2 Å². The summed E-state index contributed by atoms with van der Waals surface area (Å²) in [7, 11) is 0. The molecule has 0 spiro atoms. The number of nitrogens with zero attached hydrogens (tertiary/aromatic N) is 3. The number of anilines is 1. The van der Waals surface area contributed by atoms with E-state index in [-0.39, 0.29) is 16.9 Å². The Labute approximate surface area is 234 Å². The molecule has 1 N–H and O–H groups in total. The second-order valence-electron chi connectivity index (χ2n) is 9.34. The summed E-state index contributed by atoms with van der Waals surface area (Å²) in [6.07, 6.45) is 0.751. The average molecular weight is 553 g/mol. The van der Waals surface area contributed by atoms with Gasteiger partial charge in [-0.05, 0) is 60.4 Å². The zero-order valence-corrected chi connectivity index (χ0v) is 22.7. The van der Waals surface area contributed by atoms with E-state index in [1.165, 1.54) is 0 Å². The Morgan fingerprint density at radius 2 is 1.65 bits per heavy atom. The molecule has 0 saturated heterocycles. The summed E-state index contributed by atoms with van der Waals surface area (Å²) in [4.78, 5) is 29.2. The van der Waals surface area contributed by atoms with Gasteiger partial charge in [0.25, 0.3) is 5.91 Å². The third kappa shape index (κ3) is 5.16. The fraction of sp³-hybridized carbons (Fsp3) is 0.129. The monoisotopic (exact) mass is 552 g/mol. The molecule has 0 aliphatic carbocycles. The number of aryl methyl sites for hydroxylation is 2. The standard InChI is InChI=1S/C31H27N3O5S/c1-3-24-18-26-20(2)17-27(31(36)37)32-29(26)33(24)19-21-13-15-22(16-14-21)25-11-7-8-12-28(25)34(40(38)39)30(35)23-9-5-4-6-10-23/h4-18H,3,19H2,1-2H3,(H,36,37)(H,38,39)/p-1. The molecule has 0 fully saturated rings. The first-order chi connectivity index (χ1) is 19.3. The number of rotatable bonds is 8. The van der Waals surface area contributed by atoms with Gasteiger partial charge in [-0.1, -0.05) is 67.6 Å². The SMILES string of the molecule is CCc1cc2c(C)cc(C(=O)O)nc2n1Cc1ccc(-c2ccccc2N(C(=O)c2ccccc2)S(=O)[O-])cc1. The topological polar surface area (TPSA) is 116 Å². The lowest BCUT2D eigenvalue weighted by Gasteiger charge is -2.26. The van der Waals surface area contributed by atoms with E-state index in [4.69, 9.17) is 0 Å². The van der Waals surface area contributed by atoms with Crippen LogP contribution < -0.4 is 4.31 Å². The van der Waals surface area contributed by atoms with Gasteiger partial charge in [0.2, 0.25) is 0 Å². The minimum Gasteiger partial charge on any atom is -0.755 e. The van der Waals surface area contributed by atoms with Crippen LogP contribution in [0.2, 0.25) is 0 Å². The number of hydrogen-bond acceptors (Lipinski definition) is 5. The Morgan fingerprint density at radius 3 is 2.30 bits per heavy atom. The summed E-state index contributed by atoms with van der Waals surface area (Å²) in [5.41, 5.74) is 5.32. The van der Waals surface area contributed by atoms with E-state index in [2.05, 4.69) is 11.1 Å². The molecule has 0 bridgehead atoms. The number of carbonyl (C=O) groups is 2. The number of carboxylic acids is 1. The van der Waals surface area contributed by atoms with Crippen molar-refractivity contribution >= 4 is 39.9 Å². The third-order valence-corrected chi connectivity index (χ3v) is 7.48. The Balaban J connectivity index is 1.50. The first-order valence-corrected chi connectivity index (χ1v) is 13.7. The average Bonchev–Trinajstić information content (AvgIpc) is 3.32. The molecule has 1 atom stereocenters. The number of carbonyl (C=O) groups excluding carboxylic acids is 1. The van der Waals surface area contributed by atoms with Gasteiger partial charge in [-0.3, -0.25) is 9.00 Å². The number of amides is 1. The van der Waals surface area contributed by atoms with Crippen LogP contribution >= 0.6 is 0 Å². The highest BCUT2D eigenvalue weighted by atomic mass is 32.2. The maximum atomic E-state index is 13.1. The molecule has 8 nitrogen and oxygen atoms in total. The summed E-state index contributed by atoms with van der Waals surface area (Å²) in [6.45, 7) is 4.40. The van der Waals surface area contributed by atoms with E-state index >= 15 is 0 Å². The number of benzene rings is 3. The van der Waals surface area contributed by atoms with E-state index in [0.29, 0.717) is 17.8 Å². The molecule has 9 heteroatoms. The van der Waals surface area contributed by atoms with Gasteiger partial charge in [-0.25, -0.2) is 14.1 Å². The van der Waals surface area contributed by atoms with Crippen molar-refractivity contribution in [3.8, 4) is 11.1 Å². The Bertz CT molecular complexity index is 1750. The number of fused-ring (bicyclic) bond motifs is 1. The number of pyridine rings is 1. The Hall–Kier alpha value is -4.60. The van der Waals surface area contributed by atoms with Gasteiger partial charge in [0.15, 0.2) is 5.69 Å². The van der Waals surface area contributed by atoms with Crippen LogP contribution in [0.4, 0.5) is 5.69 Å². The van der Waals surface area contributed by atoms with Crippen molar-refractivity contribution in [1.82, 2.24) is 9.55 Å². The molecular formula is C31H26N3O5S-.